The molecule has 4 heteroatoms. The van der Waals surface area contributed by atoms with E-state index in [1.165, 1.54) is 6.92 Å². The summed E-state index contributed by atoms with van der Waals surface area (Å²) in [6.07, 6.45) is 0. The van der Waals surface area contributed by atoms with Gasteiger partial charge in [-0.3, -0.25) is 9.63 Å². The van der Waals surface area contributed by atoms with Gasteiger partial charge in [0.05, 0.1) is 11.6 Å². The van der Waals surface area contributed by atoms with Crippen LogP contribution in [0.3, 0.4) is 0 Å². The number of anilines is 1. The maximum Gasteiger partial charge on any atom is 0.221 e. The molecule has 0 heterocycles. The predicted molar refractivity (Wildman–Crippen MR) is 73.1 cm³/mol. The van der Waals surface area contributed by atoms with Crippen molar-refractivity contribution < 1.29 is 9.63 Å². The second-order valence-electron chi connectivity index (χ2n) is 5.36. The fourth-order valence-electron chi connectivity index (χ4n) is 1.42. The number of nitrogens with one attached hydrogen (secondary N) is 2. The van der Waals surface area contributed by atoms with E-state index in [0.717, 1.165) is 11.3 Å². The molecule has 2 N–H and O–H groups in total. The number of hydrogen-bond donors (Lipinski definition) is 2. The van der Waals surface area contributed by atoms with Gasteiger partial charge in [-0.2, -0.15) is 5.48 Å². The fraction of sp³-hybridized carbons (Fsp3) is 0.500. The van der Waals surface area contributed by atoms with E-state index < -0.39 is 0 Å². The summed E-state index contributed by atoms with van der Waals surface area (Å²) >= 11 is 0. The van der Waals surface area contributed by atoms with Crippen LogP contribution in [0.25, 0.3) is 0 Å². The van der Waals surface area contributed by atoms with E-state index in [0.29, 0.717) is 0 Å². The summed E-state index contributed by atoms with van der Waals surface area (Å²) in [6, 6.07) is 7.76. The molecule has 0 fully saturated rings. The molecule has 1 aromatic carbocycles. The third kappa shape index (κ3) is 5.29. The van der Waals surface area contributed by atoms with E-state index in [2.05, 4.69) is 10.8 Å². The Kier molecular flexibility index (Phi) is 4.87. The minimum atomic E-state index is -0.233. The van der Waals surface area contributed by atoms with Crippen LogP contribution in [-0.2, 0) is 9.63 Å². The van der Waals surface area contributed by atoms with Crippen molar-refractivity contribution >= 4 is 11.6 Å². The Morgan fingerprint density at radius 1 is 1.33 bits per heavy atom. The van der Waals surface area contributed by atoms with Crippen LogP contribution >= 0.6 is 0 Å². The number of carbonyl (C=O) groups is 1. The Hall–Kier alpha value is -1.39. The summed E-state index contributed by atoms with van der Waals surface area (Å²) in [7, 11) is 0. The van der Waals surface area contributed by atoms with Gasteiger partial charge in [0.2, 0.25) is 5.91 Å². The summed E-state index contributed by atoms with van der Waals surface area (Å²) in [4.78, 5) is 16.5. The van der Waals surface area contributed by atoms with Gasteiger partial charge in [-0.1, -0.05) is 12.1 Å². The molecule has 1 rings (SSSR count). The van der Waals surface area contributed by atoms with E-state index in [-0.39, 0.29) is 17.6 Å². The Morgan fingerprint density at radius 3 is 2.56 bits per heavy atom. The largest absolute Gasteiger partial charge is 0.326 e. The summed E-state index contributed by atoms with van der Waals surface area (Å²) in [5.74, 6) is -0.0706. The van der Waals surface area contributed by atoms with Gasteiger partial charge in [-0.25, -0.2) is 0 Å². The van der Waals surface area contributed by atoms with Gasteiger partial charge < -0.3 is 5.32 Å². The van der Waals surface area contributed by atoms with Crippen molar-refractivity contribution in [1.29, 1.82) is 0 Å². The highest BCUT2D eigenvalue weighted by molar-refractivity contribution is 5.88. The molecule has 0 saturated carbocycles. The maximum atomic E-state index is 11.0. The Morgan fingerprint density at radius 2 is 2.00 bits per heavy atom. The second-order valence-corrected chi connectivity index (χ2v) is 5.36. The second kappa shape index (κ2) is 5.98. The van der Waals surface area contributed by atoms with Crippen LogP contribution in [0.4, 0.5) is 5.69 Å². The topological polar surface area (TPSA) is 50.4 Å². The molecule has 0 aliphatic heterocycles. The van der Waals surface area contributed by atoms with Crippen LogP contribution in [-0.4, -0.2) is 11.5 Å². The standard InChI is InChI=1S/C14H22N2O2/c1-10(16-18-14(3,4)5)12-7-6-8-13(9-12)15-11(2)17/h6-10,16H,1-5H3,(H,15,17). The van der Waals surface area contributed by atoms with Crippen LogP contribution in [0.5, 0.6) is 0 Å². The van der Waals surface area contributed by atoms with E-state index in [9.17, 15) is 4.79 Å². The molecule has 18 heavy (non-hydrogen) atoms. The van der Waals surface area contributed by atoms with Crippen molar-refractivity contribution in [3.05, 3.63) is 29.8 Å². The molecule has 0 spiro atoms. The maximum absolute atomic E-state index is 11.0. The molecule has 100 valence electrons. The van der Waals surface area contributed by atoms with Crippen molar-refractivity contribution in [2.24, 2.45) is 0 Å². The summed E-state index contributed by atoms with van der Waals surface area (Å²) < 4.78 is 0. The third-order valence-corrected chi connectivity index (χ3v) is 2.25. The number of benzene rings is 1. The number of rotatable bonds is 4. The van der Waals surface area contributed by atoms with Crippen LogP contribution in [0.15, 0.2) is 24.3 Å². The van der Waals surface area contributed by atoms with Gasteiger partial charge >= 0.3 is 0 Å². The molecule has 0 radical (unpaired) electrons. The SMILES string of the molecule is CC(=O)Nc1cccc(C(C)NOC(C)(C)C)c1. The van der Waals surface area contributed by atoms with E-state index in [1.54, 1.807) is 0 Å². The molecular formula is C14H22N2O2. The monoisotopic (exact) mass is 250 g/mol. The van der Waals surface area contributed by atoms with Gasteiger partial charge in [-0.05, 0) is 45.4 Å². The Bertz CT molecular complexity index is 411. The number of amides is 1. The first-order valence-electron chi connectivity index (χ1n) is 6.09. The van der Waals surface area contributed by atoms with Crippen molar-refractivity contribution in [1.82, 2.24) is 5.48 Å². The number of hydrogen-bond acceptors (Lipinski definition) is 3. The molecule has 1 atom stereocenters. The minimum absolute atomic E-state index is 0.0536. The fourth-order valence-corrected chi connectivity index (χ4v) is 1.42. The van der Waals surface area contributed by atoms with Gasteiger partial charge in [0.25, 0.3) is 0 Å². The highest BCUT2D eigenvalue weighted by Gasteiger charge is 2.13. The Labute approximate surface area is 109 Å². The molecule has 0 saturated heterocycles. The summed E-state index contributed by atoms with van der Waals surface area (Å²) in [5.41, 5.74) is 4.63. The van der Waals surface area contributed by atoms with Gasteiger partial charge in [0, 0.05) is 12.6 Å². The molecule has 1 aromatic rings. The van der Waals surface area contributed by atoms with Gasteiger partial charge in [0.1, 0.15) is 0 Å². The minimum Gasteiger partial charge on any atom is -0.326 e. The molecule has 0 aliphatic rings. The van der Waals surface area contributed by atoms with Crippen molar-refractivity contribution in [3.63, 3.8) is 0 Å². The predicted octanol–water partition coefficient (Wildman–Crippen LogP) is 3.03. The molecule has 1 amide bonds. The lowest BCUT2D eigenvalue weighted by atomic mass is 10.1. The smallest absolute Gasteiger partial charge is 0.221 e. The molecule has 0 bridgehead atoms. The molecule has 1 unspecified atom stereocenters. The van der Waals surface area contributed by atoms with Crippen LogP contribution in [0.1, 0.15) is 46.2 Å². The third-order valence-electron chi connectivity index (χ3n) is 2.25. The van der Waals surface area contributed by atoms with Crippen LogP contribution in [0.2, 0.25) is 0 Å². The lowest BCUT2D eigenvalue weighted by Crippen LogP contribution is -2.31. The van der Waals surface area contributed by atoms with E-state index >= 15 is 0 Å². The van der Waals surface area contributed by atoms with E-state index in [1.807, 2.05) is 52.0 Å². The van der Waals surface area contributed by atoms with Crippen LogP contribution in [0, 0.1) is 0 Å². The first-order chi connectivity index (χ1) is 8.28. The first-order valence-corrected chi connectivity index (χ1v) is 6.09. The van der Waals surface area contributed by atoms with Crippen molar-refractivity contribution in [2.75, 3.05) is 5.32 Å². The van der Waals surface area contributed by atoms with E-state index in [4.69, 9.17) is 4.84 Å². The Balaban J connectivity index is 2.68. The summed E-state index contributed by atoms with van der Waals surface area (Å²) in [5, 5.41) is 2.76. The normalized spacial score (nSPS) is 13.2. The van der Waals surface area contributed by atoms with Gasteiger partial charge in [0.15, 0.2) is 0 Å². The van der Waals surface area contributed by atoms with Crippen molar-refractivity contribution in [2.45, 2.75) is 46.3 Å². The molecular weight excluding hydrogens is 228 g/mol. The van der Waals surface area contributed by atoms with Crippen LogP contribution < -0.4 is 10.8 Å². The first kappa shape index (κ1) is 14.7. The molecule has 0 aromatic heterocycles. The average molecular weight is 250 g/mol. The zero-order valence-corrected chi connectivity index (χ0v) is 11.7. The summed E-state index contributed by atoms with van der Waals surface area (Å²) in [6.45, 7) is 9.47. The van der Waals surface area contributed by atoms with Crippen molar-refractivity contribution in [3.8, 4) is 0 Å². The highest BCUT2D eigenvalue weighted by atomic mass is 16.7. The van der Waals surface area contributed by atoms with Gasteiger partial charge in [-0.15, -0.1) is 0 Å². The molecule has 0 aliphatic carbocycles. The number of carbonyl (C=O) groups excluding carboxylic acids is 1. The lowest BCUT2D eigenvalue weighted by molar-refractivity contribution is -0.114. The quantitative estimate of drug-likeness (QED) is 0.808. The average Bonchev–Trinajstić information content (AvgIpc) is 2.24. The molecule has 4 nitrogen and oxygen atoms in total. The lowest BCUT2D eigenvalue weighted by Gasteiger charge is -2.23. The zero-order chi connectivity index (χ0) is 13.8. The highest BCUT2D eigenvalue weighted by Crippen LogP contribution is 2.18. The zero-order valence-electron chi connectivity index (χ0n) is 11.7. The number of hydroxylamine groups is 1.